The molecule has 2 aliphatic heterocycles. The molecule has 0 bridgehead atoms. The quantitative estimate of drug-likeness (QED) is 0.0316. The first-order valence-electron chi connectivity index (χ1n) is 40.8. The zero-order valence-electron chi connectivity index (χ0n) is 65.3. The molecule has 37 nitrogen and oxygen atoms in total. The number of aliphatic hydroxyl groups is 10. The highest BCUT2D eigenvalue weighted by molar-refractivity contribution is 5.73. The SMILES string of the molecule is CC1C[C@@H](O[C@@H]2C(C)CCC[C@H]2O[C@@H]2O[C@@H](CO)[C@H](O)C(O[C@@H](CC3CCCCC3)C(=O)O)C2OC(=O)Cn2cc(COCCOCCOCCOCCOCc3cn(CC(=O)OC4C(O[C@@H](CC5CCCCC5)C(=O)O)[C@@H](O)[C@H](CO)O[C@H]4O[C@@H]4CCCC(C)[C@H]4O[C@@H]4CC(C)[C@@H](O)[C@H](O)C4O)nn3)nn2)C(O)[C@@H](O)[C@@H]1O. The Bertz CT molecular complexity index is 2950. The van der Waals surface area contributed by atoms with Gasteiger partial charge in [0.25, 0.3) is 0 Å². The van der Waals surface area contributed by atoms with Crippen molar-refractivity contribution in [3.05, 3.63) is 23.8 Å². The number of rotatable bonds is 42. The number of hydrogen-bond donors (Lipinski definition) is 12. The van der Waals surface area contributed by atoms with Gasteiger partial charge in [-0.3, -0.25) is 9.59 Å². The molecule has 28 atom stereocenters. The smallest absolute Gasteiger partial charge is 0.332 e. The first-order chi connectivity index (χ1) is 54.4. The number of aromatic nitrogens is 6. The second-order valence-corrected chi connectivity index (χ2v) is 32.2. The Morgan fingerprint density at radius 1 is 0.416 bits per heavy atom. The van der Waals surface area contributed by atoms with Crippen molar-refractivity contribution in [2.24, 2.45) is 35.5 Å². The standard InChI is InChI=1S/C76H124N6O31/c1-41-13-11-19-49(67(41)104-51-29-43(3)59(87)65(93)61(51)89)108-75-71(69(63(91)55(37-83)110-75)106-53(73(95)96)31-45-15-7-5-8-16-45)112-57(85)35-81-33-47(77-79-81)39-102-27-25-100-23-21-99-22-24-101-26-28-103-40-48-34-82(80-78-48)36-58(86)113-72-70(107-54(74(97)98)32-46-17-9-6-10-18-46)64(92)56(38-84)111-76(72)109-50-20-12-14-42(2)68(50)105-52-30-44(4)60(88)66(94)62(52)90/h33-34,41-46,49-56,59-72,75-76,83-84,87-94H,5-32,35-40H2,1-4H3,(H,95,96)(H,97,98)/t41?,42?,43?,44?,49-,50-,51-,52-,53+,54+,55+,56+,59-,60-,61?,62?,63+,64+,65+,66+,67-,68-,69?,70?,71?,72?,75-,76-/m1/s1. The highest BCUT2D eigenvalue weighted by Gasteiger charge is 2.56. The highest BCUT2D eigenvalue weighted by atomic mass is 16.7. The van der Waals surface area contributed by atoms with Crippen LogP contribution in [0, 0.1) is 35.5 Å². The van der Waals surface area contributed by atoms with Gasteiger partial charge in [-0.1, -0.05) is 115 Å². The molecule has 12 N–H and O–H groups in total. The van der Waals surface area contributed by atoms with Gasteiger partial charge in [0, 0.05) is 0 Å². The second-order valence-electron chi connectivity index (χ2n) is 32.2. The fourth-order valence-electron chi connectivity index (χ4n) is 17.1. The van der Waals surface area contributed by atoms with E-state index < -0.39 is 209 Å². The van der Waals surface area contributed by atoms with Crippen molar-refractivity contribution in [2.45, 2.75) is 329 Å². The van der Waals surface area contributed by atoms with Crippen LogP contribution in [0.5, 0.6) is 0 Å². The van der Waals surface area contributed by atoms with Crippen LogP contribution in [-0.4, -0.2) is 328 Å². The number of aliphatic hydroxyl groups excluding tert-OH is 10. The van der Waals surface area contributed by atoms with Crippen molar-refractivity contribution in [3.63, 3.8) is 0 Å². The summed E-state index contributed by atoms with van der Waals surface area (Å²) >= 11 is 0. The van der Waals surface area contributed by atoms with E-state index in [1.165, 1.54) is 21.8 Å². The van der Waals surface area contributed by atoms with Crippen LogP contribution in [0.2, 0.25) is 0 Å². The number of nitrogens with zero attached hydrogens (tertiary/aromatic N) is 6. The Kier molecular flexibility index (Phi) is 36.0. The summed E-state index contributed by atoms with van der Waals surface area (Å²) in [5.74, 6) is -5.37. The maximum atomic E-state index is 14.0. The molecule has 0 amide bonds. The van der Waals surface area contributed by atoms with Gasteiger partial charge in [-0.2, -0.15) is 0 Å². The number of hydrogen-bond acceptors (Lipinski definition) is 33. The van der Waals surface area contributed by atoms with E-state index in [9.17, 15) is 80.5 Å². The topological polar surface area (TPSA) is 511 Å². The lowest BCUT2D eigenvalue weighted by molar-refractivity contribution is -0.335. The zero-order chi connectivity index (χ0) is 80.8. The molecule has 4 heterocycles. The zero-order valence-corrected chi connectivity index (χ0v) is 65.3. The minimum absolute atomic E-state index is 0.00408. The van der Waals surface area contributed by atoms with E-state index in [2.05, 4.69) is 20.6 Å². The molecule has 8 aliphatic rings. The van der Waals surface area contributed by atoms with Gasteiger partial charge in [-0.15, -0.1) is 10.2 Å². The summed E-state index contributed by atoms with van der Waals surface area (Å²) in [6.45, 7) is 6.74. The van der Waals surface area contributed by atoms with Crippen LogP contribution in [0.3, 0.4) is 0 Å². The van der Waals surface area contributed by atoms with Crippen LogP contribution in [0.4, 0.5) is 0 Å². The van der Waals surface area contributed by atoms with Crippen molar-refractivity contribution < 1.29 is 152 Å². The highest BCUT2D eigenvalue weighted by Crippen LogP contribution is 2.42. The summed E-state index contributed by atoms with van der Waals surface area (Å²) in [5.41, 5.74) is 0.734. The van der Waals surface area contributed by atoms with Gasteiger partial charge in [0.05, 0.1) is 141 Å². The molecule has 0 radical (unpaired) electrons. The van der Waals surface area contributed by atoms with Crippen molar-refractivity contribution in [1.29, 1.82) is 0 Å². The van der Waals surface area contributed by atoms with Crippen molar-refractivity contribution in [3.8, 4) is 0 Å². The molecule has 2 aromatic rings. The molecule has 0 spiro atoms. The van der Waals surface area contributed by atoms with E-state index in [1.807, 2.05) is 13.8 Å². The minimum Gasteiger partial charge on any atom is -0.479 e. The molecule has 6 aliphatic carbocycles. The molecule has 0 aromatic carbocycles. The number of carboxylic acids is 2. The molecular weight excluding hydrogens is 1490 g/mol. The van der Waals surface area contributed by atoms with Crippen LogP contribution >= 0.6 is 0 Å². The van der Waals surface area contributed by atoms with Gasteiger partial charge in [0.1, 0.15) is 85.5 Å². The van der Waals surface area contributed by atoms with Crippen LogP contribution in [0.1, 0.15) is 167 Å². The van der Waals surface area contributed by atoms with Gasteiger partial charge >= 0.3 is 23.9 Å². The lowest BCUT2D eigenvalue weighted by Gasteiger charge is -2.47. The Morgan fingerprint density at radius 2 is 0.779 bits per heavy atom. The fraction of sp³-hybridized carbons (Fsp3) is 0.895. The molecule has 37 heteroatoms. The molecule has 113 heavy (non-hydrogen) atoms. The fourth-order valence-corrected chi connectivity index (χ4v) is 17.1. The van der Waals surface area contributed by atoms with Gasteiger partial charge in [0.2, 0.25) is 0 Å². The lowest BCUT2D eigenvalue weighted by atomic mass is 9.80. The molecular formula is C76H124N6O31. The number of aliphatic carboxylic acids is 2. The summed E-state index contributed by atoms with van der Waals surface area (Å²) in [7, 11) is 0. The van der Waals surface area contributed by atoms with E-state index in [0.29, 0.717) is 37.1 Å². The Morgan fingerprint density at radius 3 is 1.13 bits per heavy atom. The van der Waals surface area contributed by atoms with Crippen LogP contribution in [0.25, 0.3) is 0 Å². The first kappa shape index (κ1) is 90.6. The van der Waals surface area contributed by atoms with E-state index in [-0.39, 0.29) is 115 Å². The number of ether oxygens (including phenoxy) is 15. The molecule has 10 unspecified atom stereocenters. The summed E-state index contributed by atoms with van der Waals surface area (Å²) < 4.78 is 94.2. The third kappa shape index (κ3) is 25.6. The largest absolute Gasteiger partial charge is 0.479 e. The van der Waals surface area contributed by atoms with Crippen molar-refractivity contribution >= 4 is 23.9 Å². The number of esters is 2. The Hall–Kier alpha value is -4.76. The molecule has 644 valence electrons. The van der Waals surface area contributed by atoms with E-state index in [0.717, 1.165) is 77.0 Å². The van der Waals surface area contributed by atoms with Crippen LogP contribution in [-0.2, 0) is 117 Å². The molecule has 10 rings (SSSR count). The normalized spacial score (nSPS) is 36.2. The number of carboxylic acid groups (broad SMARTS) is 2. The number of carbonyl (C=O) groups excluding carboxylic acids is 2. The van der Waals surface area contributed by atoms with Crippen molar-refractivity contribution in [1.82, 2.24) is 30.0 Å². The van der Waals surface area contributed by atoms with Crippen molar-refractivity contribution in [2.75, 3.05) is 66.1 Å². The van der Waals surface area contributed by atoms with E-state index in [1.54, 1.807) is 13.8 Å². The molecule has 8 fully saturated rings. The monoisotopic (exact) mass is 1620 g/mol. The minimum atomic E-state index is -1.68. The lowest BCUT2D eigenvalue weighted by Crippen LogP contribution is -2.63. The molecule has 2 saturated heterocycles. The van der Waals surface area contributed by atoms with Gasteiger partial charge in [-0.25, -0.2) is 19.0 Å². The summed E-state index contributed by atoms with van der Waals surface area (Å²) in [5, 5.41) is 146. The average Bonchev–Trinajstić information content (AvgIpc) is 1.24. The van der Waals surface area contributed by atoms with Gasteiger partial charge in [0.15, 0.2) is 37.0 Å². The first-order valence-corrected chi connectivity index (χ1v) is 40.8. The summed E-state index contributed by atoms with van der Waals surface area (Å²) in [6, 6.07) is 0. The van der Waals surface area contributed by atoms with Gasteiger partial charge < -0.3 is 132 Å². The summed E-state index contributed by atoms with van der Waals surface area (Å²) in [6.07, 6.45) is -14.6. The predicted octanol–water partition coefficient (Wildman–Crippen LogP) is 0.413. The summed E-state index contributed by atoms with van der Waals surface area (Å²) in [4.78, 5) is 53.7. The third-order valence-corrected chi connectivity index (χ3v) is 23.6. The van der Waals surface area contributed by atoms with Crippen LogP contribution < -0.4 is 0 Å². The Labute approximate surface area is 657 Å². The molecule has 6 saturated carbocycles. The molecule has 2 aromatic heterocycles. The predicted molar refractivity (Wildman–Crippen MR) is 387 cm³/mol. The van der Waals surface area contributed by atoms with Gasteiger partial charge in [-0.05, 0) is 86.9 Å². The van der Waals surface area contributed by atoms with Crippen LogP contribution in [0.15, 0.2) is 12.4 Å². The maximum Gasteiger partial charge on any atom is 0.332 e. The number of carbonyl (C=O) groups is 4. The van der Waals surface area contributed by atoms with E-state index >= 15 is 0 Å². The maximum absolute atomic E-state index is 14.0. The Balaban J connectivity index is 0.636. The average molecular weight is 1620 g/mol. The van der Waals surface area contributed by atoms with E-state index in [4.69, 9.17) is 71.1 Å². The third-order valence-electron chi connectivity index (χ3n) is 23.6. The second kappa shape index (κ2) is 44.9.